The van der Waals surface area contributed by atoms with Crippen molar-refractivity contribution in [1.82, 2.24) is 0 Å². The third-order valence-electron chi connectivity index (χ3n) is 2.70. The molecule has 2 N–H and O–H groups in total. The van der Waals surface area contributed by atoms with Gasteiger partial charge in [0, 0.05) is 12.3 Å². The van der Waals surface area contributed by atoms with Crippen LogP contribution in [0.1, 0.15) is 12.0 Å². The number of benzene rings is 1. The Kier molecular flexibility index (Phi) is 2.14. The monoisotopic (exact) mass is 188 g/mol. The molecule has 1 fully saturated rings. The standard InChI is InChI=1S/C11H12N2O/c12-7-11(5-6-14-8-11)9-1-3-10(13)4-2-9/h1-4H,5-6,8,13H2/t11-/m1/s1. The molecule has 0 amide bonds. The van der Waals surface area contributed by atoms with Gasteiger partial charge >= 0.3 is 0 Å². The van der Waals surface area contributed by atoms with Gasteiger partial charge in [0.05, 0.1) is 12.7 Å². The first-order valence-electron chi connectivity index (χ1n) is 4.62. The summed E-state index contributed by atoms with van der Waals surface area (Å²) in [5, 5.41) is 9.18. The van der Waals surface area contributed by atoms with E-state index in [9.17, 15) is 5.26 Å². The Labute approximate surface area is 83.1 Å². The highest BCUT2D eigenvalue weighted by atomic mass is 16.5. The molecular formula is C11H12N2O. The van der Waals surface area contributed by atoms with Crippen molar-refractivity contribution in [1.29, 1.82) is 5.26 Å². The van der Waals surface area contributed by atoms with Crippen LogP contribution in [0.5, 0.6) is 0 Å². The fourth-order valence-corrected chi connectivity index (χ4v) is 1.75. The molecular weight excluding hydrogens is 176 g/mol. The number of nitrogens with zero attached hydrogens (tertiary/aromatic N) is 1. The van der Waals surface area contributed by atoms with Gasteiger partial charge in [-0.1, -0.05) is 12.1 Å². The van der Waals surface area contributed by atoms with Gasteiger partial charge in [0.1, 0.15) is 5.41 Å². The van der Waals surface area contributed by atoms with Crippen molar-refractivity contribution in [3.8, 4) is 6.07 Å². The molecule has 0 bridgehead atoms. The van der Waals surface area contributed by atoms with E-state index in [1.807, 2.05) is 24.3 Å². The van der Waals surface area contributed by atoms with Crippen molar-refractivity contribution in [2.45, 2.75) is 11.8 Å². The molecule has 0 aromatic heterocycles. The first kappa shape index (κ1) is 9.04. The van der Waals surface area contributed by atoms with Crippen LogP contribution in [0, 0.1) is 11.3 Å². The van der Waals surface area contributed by atoms with Gasteiger partial charge in [-0.05, 0) is 24.1 Å². The Morgan fingerprint density at radius 1 is 1.36 bits per heavy atom. The van der Waals surface area contributed by atoms with Crippen molar-refractivity contribution >= 4 is 5.69 Å². The number of nitrogen functional groups attached to an aromatic ring is 1. The summed E-state index contributed by atoms with van der Waals surface area (Å²) in [6, 6.07) is 9.82. The highest BCUT2D eigenvalue weighted by molar-refractivity contribution is 5.44. The molecule has 1 aromatic carbocycles. The summed E-state index contributed by atoms with van der Waals surface area (Å²) in [6.45, 7) is 1.16. The fraction of sp³-hybridized carbons (Fsp3) is 0.364. The van der Waals surface area contributed by atoms with Crippen LogP contribution in [0.4, 0.5) is 5.69 Å². The molecule has 0 aliphatic carbocycles. The van der Waals surface area contributed by atoms with E-state index in [1.54, 1.807) is 0 Å². The van der Waals surface area contributed by atoms with Crippen molar-refractivity contribution < 1.29 is 4.74 Å². The van der Waals surface area contributed by atoms with E-state index in [4.69, 9.17) is 10.5 Å². The van der Waals surface area contributed by atoms with E-state index in [2.05, 4.69) is 6.07 Å². The van der Waals surface area contributed by atoms with Crippen LogP contribution in [0.25, 0.3) is 0 Å². The molecule has 1 atom stereocenters. The third kappa shape index (κ3) is 1.34. The molecule has 0 unspecified atom stereocenters. The maximum atomic E-state index is 9.18. The first-order valence-corrected chi connectivity index (χ1v) is 4.62. The van der Waals surface area contributed by atoms with Gasteiger partial charge in [0.2, 0.25) is 0 Å². The molecule has 72 valence electrons. The molecule has 3 nitrogen and oxygen atoms in total. The van der Waals surface area contributed by atoms with E-state index >= 15 is 0 Å². The van der Waals surface area contributed by atoms with Gasteiger partial charge in [-0.3, -0.25) is 0 Å². The van der Waals surface area contributed by atoms with Gasteiger partial charge in [-0.25, -0.2) is 0 Å². The lowest BCUT2D eigenvalue weighted by Gasteiger charge is -2.18. The number of hydrogen-bond donors (Lipinski definition) is 1. The summed E-state index contributed by atoms with van der Waals surface area (Å²) >= 11 is 0. The predicted molar refractivity (Wildman–Crippen MR) is 53.6 cm³/mol. The molecule has 1 saturated heterocycles. The summed E-state index contributed by atoms with van der Waals surface area (Å²) in [6.07, 6.45) is 0.771. The van der Waals surface area contributed by atoms with Crippen molar-refractivity contribution in [3.63, 3.8) is 0 Å². The molecule has 3 heteroatoms. The lowest BCUT2D eigenvalue weighted by atomic mass is 9.81. The number of nitriles is 1. The molecule has 0 saturated carbocycles. The highest BCUT2D eigenvalue weighted by Gasteiger charge is 2.36. The van der Waals surface area contributed by atoms with Crippen molar-refractivity contribution in [2.75, 3.05) is 18.9 Å². The largest absolute Gasteiger partial charge is 0.399 e. The van der Waals surface area contributed by atoms with Crippen LogP contribution in [0.2, 0.25) is 0 Å². The minimum absolute atomic E-state index is 0.451. The van der Waals surface area contributed by atoms with E-state index < -0.39 is 5.41 Å². The van der Waals surface area contributed by atoms with Crippen LogP contribution in [0.15, 0.2) is 24.3 Å². The van der Waals surface area contributed by atoms with Gasteiger partial charge in [-0.2, -0.15) is 5.26 Å². The molecule has 14 heavy (non-hydrogen) atoms. The molecule has 1 aromatic rings. The third-order valence-corrected chi connectivity index (χ3v) is 2.70. The highest BCUT2D eigenvalue weighted by Crippen LogP contribution is 2.32. The Morgan fingerprint density at radius 3 is 2.57 bits per heavy atom. The topological polar surface area (TPSA) is 59.0 Å². The summed E-state index contributed by atoms with van der Waals surface area (Å²) in [5.41, 5.74) is 6.87. The second kappa shape index (κ2) is 3.32. The number of anilines is 1. The lowest BCUT2D eigenvalue weighted by Crippen LogP contribution is -2.23. The van der Waals surface area contributed by atoms with Crippen LogP contribution in [-0.4, -0.2) is 13.2 Å². The molecule has 1 heterocycles. The van der Waals surface area contributed by atoms with Gasteiger partial charge in [-0.15, -0.1) is 0 Å². The zero-order valence-corrected chi connectivity index (χ0v) is 7.86. The molecule has 0 spiro atoms. The SMILES string of the molecule is N#C[C@]1(c2ccc(N)cc2)CCOC1. The second-order valence-corrected chi connectivity index (χ2v) is 3.62. The number of nitrogens with two attached hydrogens (primary N) is 1. The van der Waals surface area contributed by atoms with E-state index in [0.717, 1.165) is 17.7 Å². The Bertz CT molecular complexity index is 358. The normalized spacial score (nSPS) is 25.9. The summed E-state index contributed by atoms with van der Waals surface area (Å²) in [5.74, 6) is 0. The Hall–Kier alpha value is -1.53. The summed E-state index contributed by atoms with van der Waals surface area (Å²) < 4.78 is 5.28. The average molecular weight is 188 g/mol. The molecule has 1 aliphatic heterocycles. The van der Waals surface area contributed by atoms with Crippen LogP contribution < -0.4 is 5.73 Å². The summed E-state index contributed by atoms with van der Waals surface area (Å²) in [4.78, 5) is 0. The minimum Gasteiger partial charge on any atom is -0.399 e. The smallest absolute Gasteiger partial charge is 0.108 e. The maximum Gasteiger partial charge on any atom is 0.108 e. The predicted octanol–water partition coefficient (Wildman–Crippen LogP) is 1.45. The number of hydrogen-bond acceptors (Lipinski definition) is 3. The zero-order valence-electron chi connectivity index (χ0n) is 7.86. The van der Waals surface area contributed by atoms with Crippen molar-refractivity contribution in [3.05, 3.63) is 29.8 Å². The number of rotatable bonds is 1. The summed E-state index contributed by atoms with van der Waals surface area (Å²) in [7, 11) is 0. The average Bonchev–Trinajstić information content (AvgIpc) is 2.68. The van der Waals surface area contributed by atoms with E-state index in [1.165, 1.54) is 0 Å². The minimum atomic E-state index is -0.451. The van der Waals surface area contributed by atoms with Gasteiger partial charge in [0.15, 0.2) is 0 Å². The molecule has 2 rings (SSSR count). The van der Waals surface area contributed by atoms with Gasteiger partial charge in [0.25, 0.3) is 0 Å². The van der Waals surface area contributed by atoms with Crippen LogP contribution >= 0.6 is 0 Å². The molecule has 1 aliphatic rings. The Balaban J connectivity index is 2.37. The second-order valence-electron chi connectivity index (χ2n) is 3.62. The first-order chi connectivity index (χ1) is 6.77. The fourth-order valence-electron chi connectivity index (χ4n) is 1.75. The van der Waals surface area contributed by atoms with E-state index in [-0.39, 0.29) is 0 Å². The lowest BCUT2D eigenvalue weighted by molar-refractivity contribution is 0.186. The zero-order chi connectivity index (χ0) is 10.0. The quantitative estimate of drug-likeness (QED) is 0.678. The van der Waals surface area contributed by atoms with Crippen LogP contribution in [-0.2, 0) is 10.2 Å². The van der Waals surface area contributed by atoms with Crippen molar-refractivity contribution in [2.24, 2.45) is 0 Å². The Morgan fingerprint density at radius 2 is 2.07 bits per heavy atom. The van der Waals surface area contributed by atoms with E-state index in [0.29, 0.717) is 13.2 Å². The van der Waals surface area contributed by atoms with Crippen LogP contribution in [0.3, 0.4) is 0 Å². The van der Waals surface area contributed by atoms with Gasteiger partial charge < -0.3 is 10.5 Å². The number of ether oxygens (including phenoxy) is 1. The maximum absolute atomic E-state index is 9.18. The molecule has 0 radical (unpaired) electrons.